The van der Waals surface area contributed by atoms with E-state index in [9.17, 15) is 9.90 Å². The van der Waals surface area contributed by atoms with Gasteiger partial charge in [-0.3, -0.25) is 9.69 Å². The molecule has 3 rings (SSSR count). The van der Waals surface area contributed by atoms with Gasteiger partial charge in [0, 0.05) is 19.5 Å². The molecule has 116 valence electrons. The molecule has 1 amide bonds. The molecule has 1 aromatic rings. The predicted octanol–water partition coefficient (Wildman–Crippen LogP) is 1.01. The number of carbonyl (C=O) groups excluding carboxylic acids is 1. The van der Waals surface area contributed by atoms with Gasteiger partial charge in [-0.1, -0.05) is 0 Å². The van der Waals surface area contributed by atoms with E-state index in [4.69, 9.17) is 4.42 Å². The van der Waals surface area contributed by atoms with E-state index in [-0.39, 0.29) is 12.3 Å². The first kappa shape index (κ1) is 14.5. The number of amides is 1. The molecule has 1 atom stereocenters. The van der Waals surface area contributed by atoms with E-state index in [2.05, 4.69) is 15.2 Å². The zero-order valence-corrected chi connectivity index (χ0v) is 12.5. The maximum Gasteiger partial charge on any atom is 0.222 e. The molecule has 2 heterocycles. The smallest absolute Gasteiger partial charge is 0.222 e. The van der Waals surface area contributed by atoms with Gasteiger partial charge in [0.1, 0.15) is 5.76 Å². The van der Waals surface area contributed by atoms with E-state index in [0.29, 0.717) is 31.3 Å². The fraction of sp³-hybridized carbons (Fsp3) is 0.733. The second-order valence-electron chi connectivity index (χ2n) is 6.32. The Bertz CT molecular complexity index is 512. The summed E-state index contributed by atoms with van der Waals surface area (Å²) < 4.78 is 5.77. The van der Waals surface area contributed by atoms with Crippen LogP contribution in [0.4, 0.5) is 0 Å². The molecule has 1 aliphatic heterocycles. The van der Waals surface area contributed by atoms with Crippen molar-refractivity contribution in [2.45, 2.75) is 50.2 Å². The Morgan fingerprint density at radius 1 is 1.62 bits per heavy atom. The SMILES string of the molecule is CNC(=O)CC1(O)CCCN(Cc2ncc(C3CC3)o2)C1. The minimum Gasteiger partial charge on any atom is -0.444 e. The topological polar surface area (TPSA) is 78.6 Å². The van der Waals surface area contributed by atoms with E-state index < -0.39 is 5.60 Å². The molecule has 0 aromatic carbocycles. The number of β-amino-alcohol motifs (C(OH)–C–C–N with tert-alkyl or cyclic N) is 1. The third-order valence-electron chi connectivity index (χ3n) is 4.31. The van der Waals surface area contributed by atoms with Crippen LogP contribution in [0.2, 0.25) is 0 Å². The van der Waals surface area contributed by atoms with Gasteiger partial charge in [-0.05, 0) is 32.2 Å². The van der Waals surface area contributed by atoms with Gasteiger partial charge in [0.05, 0.1) is 24.8 Å². The van der Waals surface area contributed by atoms with Crippen LogP contribution < -0.4 is 5.32 Å². The molecule has 0 spiro atoms. The average Bonchev–Trinajstić information content (AvgIpc) is 3.19. The number of piperidine rings is 1. The quantitative estimate of drug-likeness (QED) is 0.847. The second kappa shape index (κ2) is 5.77. The van der Waals surface area contributed by atoms with E-state index in [0.717, 1.165) is 18.7 Å². The standard InChI is InChI=1S/C15H23N3O3/c1-16-13(19)7-15(20)5-2-6-18(10-15)9-14-17-8-12(21-14)11-3-4-11/h8,11,20H,2-7,9-10H2,1H3,(H,16,19). The second-order valence-corrected chi connectivity index (χ2v) is 6.32. The number of hydrogen-bond donors (Lipinski definition) is 2. The Morgan fingerprint density at radius 3 is 3.14 bits per heavy atom. The lowest BCUT2D eigenvalue weighted by atomic mass is 9.89. The fourth-order valence-electron chi connectivity index (χ4n) is 3.02. The molecule has 0 bridgehead atoms. The van der Waals surface area contributed by atoms with Crippen LogP contribution in [0.15, 0.2) is 10.6 Å². The molecule has 1 aliphatic carbocycles. The molecular weight excluding hydrogens is 270 g/mol. The molecule has 2 fully saturated rings. The Labute approximate surface area is 124 Å². The summed E-state index contributed by atoms with van der Waals surface area (Å²) in [4.78, 5) is 18.0. The number of aliphatic hydroxyl groups is 1. The number of likely N-dealkylation sites (tertiary alicyclic amines) is 1. The summed E-state index contributed by atoms with van der Waals surface area (Å²) in [6.07, 6.45) is 5.92. The van der Waals surface area contributed by atoms with Crippen molar-refractivity contribution in [1.82, 2.24) is 15.2 Å². The molecule has 0 radical (unpaired) electrons. The molecule has 2 N–H and O–H groups in total. The van der Waals surface area contributed by atoms with Crippen molar-refractivity contribution in [2.75, 3.05) is 20.1 Å². The van der Waals surface area contributed by atoms with Gasteiger partial charge in [0.25, 0.3) is 0 Å². The van der Waals surface area contributed by atoms with Crippen molar-refractivity contribution in [2.24, 2.45) is 0 Å². The minimum atomic E-state index is -0.940. The number of nitrogens with one attached hydrogen (secondary N) is 1. The van der Waals surface area contributed by atoms with Crippen LogP contribution in [-0.2, 0) is 11.3 Å². The molecule has 2 aliphatic rings. The van der Waals surface area contributed by atoms with Crippen LogP contribution in [-0.4, -0.2) is 46.6 Å². The van der Waals surface area contributed by atoms with E-state index in [1.54, 1.807) is 7.05 Å². The molecule has 21 heavy (non-hydrogen) atoms. The van der Waals surface area contributed by atoms with Crippen molar-refractivity contribution in [3.05, 3.63) is 17.8 Å². The van der Waals surface area contributed by atoms with Gasteiger partial charge in [-0.25, -0.2) is 4.98 Å². The van der Waals surface area contributed by atoms with Crippen LogP contribution in [0, 0.1) is 0 Å². The van der Waals surface area contributed by atoms with Gasteiger partial charge in [-0.15, -0.1) is 0 Å². The predicted molar refractivity (Wildman–Crippen MR) is 76.6 cm³/mol. The zero-order chi connectivity index (χ0) is 14.9. The maximum atomic E-state index is 11.5. The van der Waals surface area contributed by atoms with Crippen LogP contribution in [0.5, 0.6) is 0 Å². The Kier molecular flexibility index (Phi) is 3.99. The first-order valence-corrected chi connectivity index (χ1v) is 7.68. The van der Waals surface area contributed by atoms with Crippen LogP contribution in [0.25, 0.3) is 0 Å². The van der Waals surface area contributed by atoms with Crippen molar-refractivity contribution in [3.8, 4) is 0 Å². The Hall–Kier alpha value is -1.40. The molecular formula is C15H23N3O3. The molecule has 6 heteroatoms. The third kappa shape index (κ3) is 3.63. The Morgan fingerprint density at radius 2 is 2.43 bits per heavy atom. The van der Waals surface area contributed by atoms with Gasteiger partial charge >= 0.3 is 0 Å². The number of rotatable bonds is 5. The number of nitrogens with zero attached hydrogens (tertiary/aromatic N) is 2. The zero-order valence-electron chi connectivity index (χ0n) is 12.5. The Balaban J connectivity index is 1.58. The molecule has 1 saturated carbocycles. The lowest BCUT2D eigenvalue weighted by Gasteiger charge is -2.38. The lowest BCUT2D eigenvalue weighted by Crippen LogP contribution is -2.49. The van der Waals surface area contributed by atoms with Crippen molar-refractivity contribution in [1.29, 1.82) is 0 Å². The third-order valence-corrected chi connectivity index (χ3v) is 4.31. The highest BCUT2D eigenvalue weighted by molar-refractivity contribution is 5.76. The normalized spacial score (nSPS) is 26.8. The monoisotopic (exact) mass is 293 g/mol. The number of carbonyl (C=O) groups is 1. The summed E-state index contributed by atoms with van der Waals surface area (Å²) in [5.41, 5.74) is -0.940. The van der Waals surface area contributed by atoms with Crippen LogP contribution >= 0.6 is 0 Å². The summed E-state index contributed by atoms with van der Waals surface area (Å²) in [6.45, 7) is 1.99. The van der Waals surface area contributed by atoms with E-state index >= 15 is 0 Å². The summed E-state index contributed by atoms with van der Waals surface area (Å²) >= 11 is 0. The highest BCUT2D eigenvalue weighted by atomic mass is 16.4. The summed E-state index contributed by atoms with van der Waals surface area (Å²) in [5, 5.41) is 13.1. The number of hydrogen-bond acceptors (Lipinski definition) is 5. The van der Waals surface area contributed by atoms with Crippen molar-refractivity contribution >= 4 is 5.91 Å². The molecule has 6 nitrogen and oxygen atoms in total. The van der Waals surface area contributed by atoms with Crippen molar-refractivity contribution in [3.63, 3.8) is 0 Å². The van der Waals surface area contributed by atoms with Gasteiger partial charge in [0.15, 0.2) is 0 Å². The average molecular weight is 293 g/mol. The highest BCUT2D eigenvalue weighted by Gasteiger charge is 2.35. The van der Waals surface area contributed by atoms with Gasteiger partial charge < -0.3 is 14.8 Å². The van der Waals surface area contributed by atoms with Crippen molar-refractivity contribution < 1.29 is 14.3 Å². The number of aromatic nitrogens is 1. The highest BCUT2D eigenvalue weighted by Crippen LogP contribution is 2.40. The first-order valence-electron chi connectivity index (χ1n) is 7.68. The summed E-state index contributed by atoms with van der Waals surface area (Å²) in [6, 6.07) is 0. The molecule has 1 aromatic heterocycles. The summed E-state index contributed by atoms with van der Waals surface area (Å²) in [5.74, 6) is 2.15. The van der Waals surface area contributed by atoms with Crippen LogP contribution in [0.3, 0.4) is 0 Å². The van der Waals surface area contributed by atoms with Gasteiger partial charge in [0.2, 0.25) is 11.8 Å². The first-order chi connectivity index (χ1) is 10.1. The number of oxazole rings is 1. The largest absolute Gasteiger partial charge is 0.444 e. The van der Waals surface area contributed by atoms with E-state index in [1.165, 1.54) is 12.8 Å². The van der Waals surface area contributed by atoms with Crippen LogP contribution in [0.1, 0.15) is 49.7 Å². The molecule has 1 saturated heterocycles. The van der Waals surface area contributed by atoms with E-state index in [1.807, 2.05) is 6.20 Å². The fourth-order valence-corrected chi connectivity index (χ4v) is 3.02. The summed E-state index contributed by atoms with van der Waals surface area (Å²) in [7, 11) is 1.60. The maximum absolute atomic E-state index is 11.5. The molecule has 1 unspecified atom stereocenters. The lowest BCUT2D eigenvalue weighted by molar-refractivity contribution is -0.128. The minimum absolute atomic E-state index is 0.119. The van der Waals surface area contributed by atoms with Gasteiger partial charge in [-0.2, -0.15) is 0 Å².